The first-order valence-corrected chi connectivity index (χ1v) is 9.59. The third-order valence-corrected chi connectivity index (χ3v) is 6.05. The van der Waals surface area contributed by atoms with Crippen molar-refractivity contribution in [1.82, 2.24) is 9.78 Å². The Morgan fingerprint density at radius 2 is 2.00 bits per heavy atom. The summed E-state index contributed by atoms with van der Waals surface area (Å²) in [4.78, 5) is 41.0. The highest BCUT2D eigenvalue weighted by Gasteiger charge is 2.49. The summed E-state index contributed by atoms with van der Waals surface area (Å²) in [5, 5.41) is 6.93. The summed E-state index contributed by atoms with van der Waals surface area (Å²) in [5.41, 5.74) is 1.62. The van der Waals surface area contributed by atoms with E-state index in [-0.39, 0.29) is 17.3 Å². The first kappa shape index (κ1) is 19.9. The van der Waals surface area contributed by atoms with Gasteiger partial charge in [0, 0.05) is 18.5 Å². The van der Waals surface area contributed by atoms with Gasteiger partial charge in [-0.1, -0.05) is 23.9 Å². The summed E-state index contributed by atoms with van der Waals surface area (Å²) >= 11 is 1.20. The minimum absolute atomic E-state index is 0.123. The van der Waals surface area contributed by atoms with Crippen LogP contribution >= 0.6 is 11.8 Å². The summed E-state index contributed by atoms with van der Waals surface area (Å²) in [6.45, 7) is 5.58. The van der Waals surface area contributed by atoms with Crippen molar-refractivity contribution >= 4 is 40.9 Å². The quantitative estimate of drug-likeness (QED) is 0.623. The predicted molar refractivity (Wildman–Crippen MR) is 107 cm³/mol. The van der Waals surface area contributed by atoms with Crippen LogP contribution in [-0.4, -0.2) is 46.0 Å². The van der Waals surface area contributed by atoms with Crippen molar-refractivity contribution in [2.45, 2.75) is 30.4 Å². The number of aryl methyl sites for hydroxylation is 2. The molecule has 2 amide bonds. The lowest BCUT2D eigenvalue weighted by atomic mass is 10.1. The van der Waals surface area contributed by atoms with Crippen LogP contribution in [0.5, 0.6) is 0 Å². The highest BCUT2D eigenvalue weighted by Crippen LogP contribution is 2.45. The Kier molecular flexibility index (Phi) is 5.20. The molecule has 0 saturated carbocycles. The number of hydrogen-bond donors (Lipinski definition) is 1. The third kappa shape index (κ3) is 3.05. The molecule has 3 rings (SSSR count). The molecule has 1 N–H and O–H groups in total. The van der Waals surface area contributed by atoms with Crippen molar-refractivity contribution in [2.75, 3.05) is 23.9 Å². The molecule has 2 heterocycles. The van der Waals surface area contributed by atoms with Crippen molar-refractivity contribution in [2.24, 2.45) is 7.05 Å². The molecule has 1 aliphatic rings. The largest absolute Gasteiger partial charge is 0.464 e. The molecule has 1 atom stereocenters. The Bertz CT molecular complexity index is 971. The molecule has 0 aliphatic carbocycles. The maximum Gasteiger partial charge on any atom is 0.358 e. The average molecular weight is 402 g/mol. The molecule has 0 fully saturated rings. The smallest absolute Gasteiger partial charge is 0.358 e. The van der Waals surface area contributed by atoms with Gasteiger partial charge < -0.3 is 15.0 Å². The molecule has 9 heteroatoms. The first-order valence-electron chi connectivity index (χ1n) is 8.78. The molecule has 28 heavy (non-hydrogen) atoms. The predicted octanol–water partition coefficient (Wildman–Crippen LogP) is 2.37. The molecule has 1 aliphatic heterocycles. The van der Waals surface area contributed by atoms with Gasteiger partial charge in [-0.15, -0.1) is 0 Å². The van der Waals surface area contributed by atoms with Gasteiger partial charge in [-0.05, 0) is 32.9 Å². The van der Waals surface area contributed by atoms with Gasteiger partial charge in [0.1, 0.15) is 0 Å². The minimum atomic E-state index is -1.39. The summed E-state index contributed by atoms with van der Waals surface area (Å²) in [6, 6.07) is 7.48. The van der Waals surface area contributed by atoms with Crippen LogP contribution in [0.15, 0.2) is 29.2 Å². The van der Waals surface area contributed by atoms with Gasteiger partial charge in [0.15, 0.2) is 10.4 Å². The number of fused-ring (bicyclic) bond motifs is 1. The molecule has 1 aromatic carbocycles. The zero-order valence-corrected chi connectivity index (χ0v) is 17.2. The lowest BCUT2D eigenvalue weighted by Crippen LogP contribution is -2.54. The zero-order chi connectivity index (χ0) is 20.6. The monoisotopic (exact) mass is 402 g/mol. The normalized spacial score (nSPS) is 18.6. The topological polar surface area (TPSA) is 93.5 Å². The van der Waals surface area contributed by atoms with Crippen LogP contribution in [0, 0.1) is 6.92 Å². The lowest BCUT2D eigenvalue weighted by Gasteiger charge is -2.38. The van der Waals surface area contributed by atoms with Gasteiger partial charge in [-0.25, -0.2) is 4.79 Å². The van der Waals surface area contributed by atoms with Gasteiger partial charge >= 0.3 is 5.97 Å². The van der Waals surface area contributed by atoms with Gasteiger partial charge in [-0.3, -0.25) is 14.3 Å². The van der Waals surface area contributed by atoms with Crippen LogP contribution in [-0.2, 0) is 21.4 Å². The van der Waals surface area contributed by atoms with E-state index in [1.165, 1.54) is 23.6 Å². The fourth-order valence-corrected chi connectivity index (χ4v) is 4.44. The number of anilines is 2. The highest BCUT2D eigenvalue weighted by atomic mass is 32.2. The van der Waals surface area contributed by atoms with E-state index in [4.69, 9.17) is 4.74 Å². The number of ether oxygens (including phenoxy) is 1. The SMILES string of the molecule is CCN1C(=O)C(C)(C(=O)Nc2c(C)nn(C)c2C(=O)OC)Sc2ccccc21. The lowest BCUT2D eigenvalue weighted by molar-refractivity contribution is -0.128. The number of rotatable bonds is 4. The highest BCUT2D eigenvalue weighted by molar-refractivity contribution is 8.02. The molecular weight excluding hydrogens is 380 g/mol. The van der Waals surface area contributed by atoms with E-state index in [0.29, 0.717) is 12.2 Å². The Morgan fingerprint density at radius 1 is 1.32 bits per heavy atom. The van der Waals surface area contributed by atoms with Gasteiger partial charge in [0.25, 0.3) is 5.91 Å². The number of carbonyl (C=O) groups is 3. The van der Waals surface area contributed by atoms with E-state index in [2.05, 4.69) is 10.4 Å². The Morgan fingerprint density at radius 3 is 2.64 bits per heavy atom. The maximum atomic E-state index is 13.2. The number of nitrogens with zero attached hydrogens (tertiary/aromatic N) is 3. The molecule has 1 aromatic heterocycles. The Labute approximate surface area is 167 Å². The molecule has 0 bridgehead atoms. The van der Waals surface area contributed by atoms with E-state index < -0.39 is 16.6 Å². The van der Waals surface area contributed by atoms with Crippen molar-refractivity contribution < 1.29 is 19.1 Å². The number of methoxy groups -OCH3 is 1. The summed E-state index contributed by atoms with van der Waals surface area (Å²) in [5.74, 6) is -1.44. The van der Waals surface area contributed by atoms with Crippen LogP contribution < -0.4 is 10.2 Å². The van der Waals surface area contributed by atoms with E-state index in [9.17, 15) is 14.4 Å². The summed E-state index contributed by atoms with van der Waals surface area (Å²) in [7, 11) is 2.85. The number of thioether (sulfide) groups is 1. The summed E-state index contributed by atoms with van der Waals surface area (Å²) < 4.78 is 4.75. The number of benzene rings is 1. The van der Waals surface area contributed by atoms with Crippen LogP contribution in [0.2, 0.25) is 0 Å². The number of aromatic nitrogens is 2. The molecule has 1 unspecified atom stereocenters. The van der Waals surface area contributed by atoms with Gasteiger partial charge in [-0.2, -0.15) is 5.10 Å². The molecule has 0 spiro atoms. The number of para-hydroxylation sites is 1. The summed E-state index contributed by atoms with van der Waals surface area (Å²) in [6.07, 6.45) is 0. The number of esters is 1. The van der Waals surface area contributed by atoms with E-state index >= 15 is 0 Å². The Balaban J connectivity index is 2.00. The van der Waals surface area contributed by atoms with Crippen LogP contribution in [0.25, 0.3) is 0 Å². The minimum Gasteiger partial charge on any atom is -0.464 e. The van der Waals surface area contributed by atoms with Gasteiger partial charge in [0.2, 0.25) is 5.91 Å². The second kappa shape index (κ2) is 7.31. The van der Waals surface area contributed by atoms with Crippen LogP contribution in [0.4, 0.5) is 11.4 Å². The van der Waals surface area contributed by atoms with Crippen molar-refractivity contribution in [3.63, 3.8) is 0 Å². The van der Waals surface area contributed by atoms with E-state index in [1.807, 2.05) is 31.2 Å². The first-order chi connectivity index (χ1) is 13.2. The molecule has 2 aromatic rings. The Hall–Kier alpha value is -2.81. The zero-order valence-electron chi connectivity index (χ0n) is 16.4. The average Bonchev–Trinajstić information content (AvgIpc) is 2.95. The molecule has 148 valence electrons. The molecule has 8 nitrogen and oxygen atoms in total. The van der Waals surface area contributed by atoms with Crippen LogP contribution in [0.1, 0.15) is 30.0 Å². The second-order valence-corrected chi connectivity index (χ2v) is 7.99. The molecule has 0 saturated heterocycles. The standard InChI is InChI=1S/C19H22N4O4S/c1-6-23-12-9-7-8-10-13(12)28-19(3,18(23)26)17(25)20-14-11(2)21-22(4)15(14)16(24)27-5/h7-10H,6H2,1-5H3,(H,20,25). The number of amides is 2. The van der Waals surface area contributed by atoms with E-state index in [0.717, 1.165) is 10.6 Å². The fourth-order valence-electron chi connectivity index (χ4n) is 3.23. The molecular formula is C19H22N4O4S. The number of nitrogens with one attached hydrogen (secondary N) is 1. The number of carbonyl (C=O) groups excluding carboxylic acids is 3. The second-order valence-electron chi connectivity index (χ2n) is 6.53. The third-order valence-electron chi connectivity index (χ3n) is 4.71. The van der Waals surface area contributed by atoms with E-state index in [1.54, 1.807) is 25.8 Å². The van der Waals surface area contributed by atoms with Crippen LogP contribution in [0.3, 0.4) is 0 Å². The van der Waals surface area contributed by atoms with Crippen molar-refractivity contribution in [1.29, 1.82) is 0 Å². The van der Waals surface area contributed by atoms with Crippen molar-refractivity contribution in [3.8, 4) is 0 Å². The number of hydrogen-bond acceptors (Lipinski definition) is 6. The maximum absolute atomic E-state index is 13.2. The fraction of sp³-hybridized carbons (Fsp3) is 0.368. The van der Waals surface area contributed by atoms with Crippen molar-refractivity contribution in [3.05, 3.63) is 35.7 Å². The molecule has 0 radical (unpaired) electrons. The van der Waals surface area contributed by atoms with Gasteiger partial charge in [0.05, 0.1) is 24.2 Å².